The molecule has 1 heterocycles. The van der Waals surface area contributed by atoms with Crippen molar-refractivity contribution in [2.45, 2.75) is 4.90 Å². The van der Waals surface area contributed by atoms with Gasteiger partial charge in [0.25, 0.3) is 0 Å². The smallest absolute Gasteiger partial charge is 0.445 e. The number of hydrogen-bond donors (Lipinski definition) is 0. The number of halogens is 3. The van der Waals surface area contributed by atoms with E-state index >= 15 is 0 Å². The van der Waals surface area contributed by atoms with Crippen LogP contribution in [0.2, 0.25) is 0 Å². The summed E-state index contributed by atoms with van der Waals surface area (Å²) in [5, 5.41) is 0. The lowest BCUT2D eigenvalue weighted by Crippen LogP contribution is -2.09. The second-order valence-electron chi connectivity index (χ2n) is 2.86. The quantitative estimate of drug-likeness (QED) is 0.750. The second-order valence-corrected chi connectivity index (χ2v) is 4.24. The van der Waals surface area contributed by atoms with E-state index in [9.17, 15) is 17.2 Å². The van der Waals surface area contributed by atoms with Crippen LogP contribution in [-0.2, 0) is 10.8 Å². The molecule has 1 rings (SSSR count). The van der Waals surface area contributed by atoms with Crippen molar-refractivity contribution in [1.29, 1.82) is 0 Å². The lowest BCUT2D eigenvalue weighted by atomic mass is 9.91. The lowest BCUT2D eigenvalue weighted by Gasteiger charge is -2.05. The van der Waals surface area contributed by atoms with Crippen molar-refractivity contribution in [1.82, 2.24) is 4.98 Å². The standard InChI is InChI=1S/C8H8BF3NOS/c1-15(14)8-3-2-7(13-6-8)4-5-9(10,11)12/h2-6H,1H3/q-1/b5-4+. The monoisotopic (exact) mass is 234 g/mol. The Bertz CT molecular complexity index is 388. The fourth-order valence-electron chi connectivity index (χ4n) is 0.868. The zero-order valence-corrected chi connectivity index (χ0v) is 8.68. The Morgan fingerprint density at radius 2 is 2.07 bits per heavy atom. The van der Waals surface area contributed by atoms with Crippen LogP contribution in [0.3, 0.4) is 0 Å². The van der Waals surface area contributed by atoms with Gasteiger partial charge in [-0.3, -0.25) is 9.19 Å². The number of hydrogen-bond acceptors (Lipinski definition) is 2. The Morgan fingerprint density at radius 3 is 2.47 bits per heavy atom. The molecule has 0 spiro atoms. The minimum absolute atomic E-state index is 0.172. The number of nitrogens with zero attached hydrogens (tertiary/aromatic N) is 1. The Morgan fingerprint density at radius 1 is 1.40 bits per heavy atom. The molecule has 1 aromatic rings. The molecular weight excluding hydrogens is 226 g/mol. The van der Waals surface area contributed by atoms with E-state index in [4.69, 9.17) is 0 Å². The van der Waals surface area contributed by atoms with Crippen molar-refractivity contribution in [3.8, 4) is 0 Å². The topological polar surface area (TPSA) is 30.0 Å². The molecule has 0 amide bonds. The third-order valence-corrected chi connectivity index (χ3v) is 2.48. The van der Waals surface area contributed by atoms with E-state index in [2.05, 4.69) is 4.98 Å². The maximum Gasteiger partial charge on any atom is 0.502 e. The first-order valence-corrected chi connectivity index (χ1v) is 5.63. The molecule has 0 bridgehead atoms. The summed E-state index contributed by atoms with van der Waals surface area (Å²) in [6, 6.07) is 2.89. The largest absolute Gasteiger partial charge is 0.502 e. The highest BCUT2D eigenvalue weighted by molar-refractivity contribution is 7.84. The molecule has 0 N–H and O–H groups in total. The van der Waals surface area contributed by atoms with Crippen molar-refractivity contribution in [3.63, 3.8) is 0 Å². The zero-order chi connectivity index (χ0) is 11.5. The summed E-state index contributed by atoms with van der Waals surface area (Å²) in [6.07, 6.45) is 3.67. The van der Waals surface area contributed by atoms with Gasteiger partial charge in [0.2, 0.25) is 0 Å². The van der Waals surface area contributed by atoms with Crippen LogP contribution in [0.4, 0.5) is 12.9 Å². The molecule has 0 aliphatic rings. The number of aromatic nitrogens is 1. The fourth-order valence-corrected chi connectivity index (χ4v) is 1.33. The maximum atomic E-state index is 11.8. The van der Waals surface area contributed by atoms with Crippen molar-refractivity contribution in [2.24, 2.45) is 0 Å². The van der Waals surface area contributed by atoms with Gasteiger partial charge in [-0.2, -0.15) is 0 Å². The van der Waals surface area contributed by atoms with Gasteiger partial charge in [-0.05, 0) is 12.1 Å². The number of rotatable bonds is 3. The van der Waals surface area contributed by atoms with Gasteiger partial charge in [-0.15, -0.1) is 5.98 Å². The van der Waals surface area contributed by atoms with E-state index in [0.717, 1.165) is 6.08 Å². The molecule has 2 nitrogen and oxygen atoms in total. The highest BCUT2D eigenvalue weighted by Crippen LogP contribution is 2.12. The molecule has 0 saturated carbocycles. The molecular formula is C8H8BF3NOS-. The van der Waals surface area contributed by atoms with Gasteiger partial charge >= 0.3 is 6.98 Å². The SMILES string of the molecule is CS(=O)c1ccc(/C=C/[B-](F)(F)F)nc1. The Hall–Kier alpha value is -1.11. The van der Waals surface area contributed by atoms with Gasteiger partial charge in [0.1, 0.15) is 0 Å². The number of pyridine rings is 1. The minimum atomic E-state index is -4.93. The Kier molecular flexibility index (Phi) is 3.68. The van der Waals surface area contributed by atoms with Gasteiger partial charge in [0.15, 0.2) is 0 Å². The predicted molar refractivity (Wildman–Crippen MR) is 54.7 cm³/mol. The normalized spacial score (nSPS) is 14.4. The van der Waals surface area contributed by atoms with Crippen LogP contribution >= 0.6 is 0 Å². The Labute approximate surface area is 87.7 Å². The van der Waals surface area contributed by atoms with E-state index in [-0.39, 0.29) is 11.7 Å². The van der Waals surface area contributed by atoms with E-state index in [1.165, 1.54) is 24.6 Å². The van der Waals surface area contributed by atoms with Crippen molar-refractivity contribution in [2.75, 3.05) is 6.26 Å². The third kappa shape index (κ3) is 4.29. The molecule has 1 unspecified atom stereocenters. The minimum Gasteiger partial charge on any atom is -0.445 e. The van der Waals surface area contributed by atoms with Gasteiger partial charge < -0.3 is 12.9 Å². The van der Waals surface area contributed by atoms with E-state index in [1.807, 2.05) is 0 Å². The summed E-state index contributed by atoms with van der Waals surface area (Å²) >= 11 is 0. The molecule has 0 fully saturated rings. The van der Waals surface area contributed by atoms with Crippen molar-refractivity contribution in [3.05, 3.63) is 30.0 Å². The van der Waals surface area contributed by atoms with Gasteiger partial charge in [0.05, 0.1) is 21.4 Å². The third-order valence-electron chi connectivity index (χ3n) is 1.58. The summed E-state index contributed by atoms with van der Waals surface area (Å²) < 4.78 is 46.5. The lowest BCUT2D eigenvalue weighted by molar-refractivity contribution is 0.499. The molecule has 0 aliphatic carbocycles. The van der Waals surface area contributed by atoms with Crippen LogP contribution in [0.5, 0.6) is 0 Å². The van der Waals surface area contributed by atoms with E-state index in [0.29, 0.717) is 4.90 Å². The first kappa shape index (κ1) is 12.0. The van der Waals surface area contributed by atoms with Gasteiger partial charge in [0, 0.05) is 12.5 Å². The summed E-state index contributed by atoms with van der Waals surface area (Å²) in [5.41, 5.74) is 0.198. The van der Waals surface area contributed by atoms with Crippen LogP contribution < -0.4 is 0 Å². The highest BCUT2D eigenvalue weighted by Gasteiger charge is 2.17. The molecule has 0 radical (unpaired) electrons. The first-order chi connectivity index (χ1) is 6.88. The summed E-state index contributed by atoms with van der Waals surface area (Å²) in [5.74, 6) is 0.172. The molecule has 0 aromatic carbocycles. The molecule has 0 saturated heterocycles. The molecule has 7 heteroatoms. The Balaban J connectivity index is 2.82. The van der Waals surface area contributed by atoms with E-state index in [1.54, 1.807) is 0 Å². The first-order valence-electron chi connectivity index (χ1n) is 4.07. The van der Waals surface area contributed by atoms with Crippen LogP contribution in [0.1, 0.15) is 5.69 Å². The molecule has 1 aromatic heterocycles. The average molecular weight is 234 g/mol. The zero-order valence-electron chi connectivity index (χ0n) is 7.86. The van der Waals surface area contributed by atoms with Gasteiger partial charge in [-0.1, -0.05) is 6.08 Å². The van der Waals surface area contributed by atoms with Gasteiger partial charge in [-0.25, -0.2) is 0 Å². The fraction of sp³-hybridized carbons (Fsp3) is 0.125. The van der Waals surface area contributed by atoms with Crippen LogP contribution in [0.25, 0.3) is 6.08 Å². The highest BCUT2D eigenvalue weighted by atomic mass is 32.2. The molecule has 82 valence electrons. The molecule has 0 aliphatic heterocycles. The summed E-state index contributed by atoms with van der Waals surface area (Å²) in [6.45, 7) is -4.93. The average Bonchev–Trinajstić information content (AvgIpc) is 2.14. The van der Waals surface area contributed by atoms with Crippen molar-refractivity contribution >= 4 is 23.9 Å². The van der Waals surface area contributed by atoms with Crippen molar-refractivity contribution < 1.29 is 17.2 Å². The maximum absolute atomic E-state index is 11.8. The van der Waals surface area contributed by atoms with Crippen LogP contribution in [-0.4, -0.2) is 22.4 Å². The summed E-state index contributed by atoms with van der Waals surface area (Å²) in [7, 11) is -1.16. The molecule has 15 heavy (non-hydrogen) atoms. The second kappa shape index (κ2) is 4.61. The van der Waals surface area contributed by atoms with E-state index < -0.39 is 17.8 Å². The predicted octanol–water partition coefficient (Wildman–Crippen LogP) is 2.22. The molecule has 1 atom stereocenters. The van der Waals surface area contributed by atoms with Crippen LogP contribution in [0, 0.1) is 0 Å². The van der Waals surface area contributed by atoms with Crippen LogP contribution in [0.15, 0.2) is 29.2 Å². The summed E-state index contributed by atoms with van der Waals surface area (Å²) in [4.78, 5) is 4.22.